The predicted molar refractivity (Wildman–Crippen MR) is 129 cm³/mol. The van der Waals surface area contributed by atoms with Gasteiger partial charge in [0.25, 0.3) is 0 Å². The van der Waals surface area contributed by atoms with Crippen LogP contribution in [-0.2, 0) is 6.42 Å². The number of benzene rings is 3. The SMILES string of the molecule is CC(Cc1ccccc1)c1cccc(-c2nc(-c3ccncc3)n(-c3ccccc3)n2)c1. The number of hydrogen-bond acceptors (Lipinski definition) is 3. The van der Waals surface area contributed by atoms with Gasteiger partial charge in [-0.2, -0.15) is 0 Å². The summed E-state index contributed by atoms with van der Waals surface area (Å²) in [5, 5.41) is 4.90. The number of rotatable bonds is 6. The van der Waals surface area contributed by atoms with Crippen molar-refractivity contribution < 1.29 is 0 Å². The van der Waals surface area contributed by atoms with Crippen molar-refractivity contribution in [1.29, 1.82) is 0 Å². The van der Waals surface area contributed by atoms with E-state index in [2.05, 4.69) is 66.5 Å². The Labute approximate surface area is 188 Å². The van der Waals surface area contributed by atoms with E-state index in [0.717, 1.165) is 34.9 Å². The van der Waals surface area contributed by atoms with Gasteiger partial charge in [0.1, 0.15) is 0 Å². The normalized spacial score (nSPS) is 11.9. The second-order valence-electron chi connectivity index (χ2n) is 7.96. The summed E-state index contributed by atoms with van der Waals surface area (Å²) in [6.07, 6.45) is 4.56. The first kappa shape index (κ1) is 19.9. The van der Waals surface area contributed by atoms with Crippen molar-refractivity contribution in [2.24, 2.45) is 0 Å². The van der Waals surface area contributed by atoms with Crippen molar-refractivity contribution >= 4 is 0 Å². The molecule has 0 aliphatic rings. The quantitative estimate of drug-likeness (QED) is 0.324. The molecule has 32 heavy (non-hydrogen) atoms. The highest BCUT2D eigenvalue weighted by Crippen LogP contribution is 2.28. The van der Waals surface area contributed by atoms with Gasteiger partial charge >= 0.3 is 0 Å². The first-order valence-corrected chi connectivity index (χ1v) is 10.8. The van der Waals surface area contributed by atoms with E-state index in [4.69, 9.17) is 10.1 Å². The molecule has 4 nitrogen and oxygen atoms in total. The van der Waals surface area contributed by atoms with Crippen LogP contribution >= 0.6 is 0 Å². The van der Waals surface area contributed by atoms with E-state index in [1.807, 2.05) is 47.1 Å². The van der Waals surface area contributed by atoms with Crippen LogP contribution in [0, 0.1) is 0 Å². The molecule has 5 rings (SSSR count). The highest BCUT2D eigenvalue weighted by Gasteiger charge is 2.16. The Morgan fingerprint density at radius 2 is 1.47 bits per heavy atom. The lowest BCUT2D eigenvalue weighted by Gasteiger charge is -2.13. The lowest BCUT2D eigenvalue weighted by atomic mass is 9.92. The minimum Gasteiger partial charge on any atom is -0.265 e. The lowest BCUT2D eigenvalue weighted by molar-refractivity contribution is 0.759. The second kappa shape index (κ2) is 8.98. The first-order valence-electron chi connectivity index (χ1n) is 10.8. The molecule has 2 aromatic heterocycles. The third-order valence-corrected chi connectivity index (χ3v) is 5.65. The van der Waals surface area contributed by atoms with E-state index in [1.54, 1.807) is 12.4 Å². The molecule has 156 valence electrons. The van der Waals surface area contributed by atoms with E-state index in [9.17, 15) is 0 Å². The van der Waals surface area contributed by atoms with Crippen LogP contribution in [0.4, 0.5) is 0 Å². The van der Waals surface area contributed by atoms with Gasteiger partial charge in [0.15, 0.2) is 11.6 Å². The maximum atomic E-state index is 4.94. The van der Waals surface area contributed by atoms with E-state index < -0.39 is 0 Å². The smallest absolute Gasteiger partial charge is 0.182 e. The summed E-state index contributed by atoms with van der Waals surface area (Å²) in [5.74, 6) is 1.92. The molecular weight excluding hydrogens is 392 g/mol. The average molecular weight is 417 g/mol. The van der Waals surface area contributed by atoms with Gasteiger partial charge in [0.2, 0.25) is 0 Å². The van der Waals surface area contributed by atoms with E-state index in [0.29, 0.717) is 5.92 Å². The zero-order valence-electron chi connectivity index (χ0n) is 18.0. The number of pyridine rings is 1. The van der Waals surface area contributed by atoms with Gasteiger partial charge in [-0.25, -0.2) is 9.67 Å². The molecule has 0 N–H and O–H groups in total. The Kier molecular flexibility index (Phi) is 5.58. The van der Waals surface area contributed by atoms with Crippen molar-refractivity contribution in [3.8, 4) is 28.5 Å². The summed E-state index contributed by atoms with van der Waals surface area (Å²) in [5.41, 5.74) is 5.61. The molecule has 2 heterocycles. The van der Waals surface area contributed by atoms with Crippen molar-refractivity contribution in [2.75, 3.05) is 0 Å². The Balaban J connectivity index is 1.53. The van der Waals surface area contributed by atoms with Gasteiger partial charge in [0.05, 0.1) is 5.69 Å². The third-order valence-electron chi connectivity index (χ3n) is 5.65. The van der Waals surface area contributed by atoms with Crippen molar-refractivity contribution in [1.82, 2.24) is 19.7 Å². The van der Waals surface area contributed by atoms with Gasteiger partial charge < -0.3 is 0 Å². The minimum atomic E-state index is 0.397. The molecule has 1 unspecified atom stereocenters. The summed E-state index contributed by atoms with van der Waals surface area (Å²) in [6, 6.07) is 33.3. The van der Waals surface area contributed by atoms with Crippen LogP contribution in [0.2, 0.25) is 0 Å². The molecule has 4 heteroatoms. The highest BCUT2D eigenvalue weighted by atomic mass is 15.4. The average Bonchev–Trinajstić information content (AvgIpc) is 3.32. The van der Waals surface area contributed by atoms with Crippen molar-refractivity contribution in [2.45, 2.75) is 19.3 Å². The first-order chi connectivity index (χ1) is 15.8. The van der Waals surface area contributed by atoms with Crippen LogP contribution in [0.15, 0.2) is 109 Å². The molecule has 1 atom stereocenters. The standard InChI is InChI=1S/C28H24N4/c1-21(19-22-9-4-2-5-10-22)24-11-8-12-25(20-24)27-30-28(23-15-17-29-18-16-23)32(31-27)26-13-6-3-7-14-26/h2-18,20-21H,19H2,1H3. The molecule has 0 aliphatic heterocycles. The Morgan fingerprint density at radius 1 is 0.750 bits per heavy atom. The third kappa shape index (κ3) is 4.21. The minimum absolute atomic E-state index is 0.397. The van der Waals surface area contributed by atoms with Crippen LogP contribution in [-0.4, -0.2) is 19.7 Å². The van der Waals surface area contributed by atoms with Gasteiger partial charge in [0, 0.05) is 23.5 Å². The number of para-hydroxylation sites is 1. The number of aromatic nitrogens is 4. The van der Waals surface area contributed by atoms with Crippen LogP contribution in [0.3, 0.4) is 0 Å². The summed E-state index contributed by atoms with van der Waals surface area (Å²) in [4.78, 5) is 9.08. The fourth-order valence-electron chi connectivity index (χ4n) is 3.94. The monoisotopic (exact) mass is 416 g/mol. The summed E-state index contributed by atoms with van der Waals surface area (Å²) in [6.45, 7) is 2.27. The predicted octanol–water partition coefficient (Wildman–Crippen LogP) is 6.34. The lowest BCUT2D eigenvalue weighted by Crippen LogP contribution is -2.00. The van der Waals surface area contributed by atoms with Crippen LogP contribution in [0.25, 0.3) is 28.5 Å². The number of hydrogen-bond donors (Lipinski definition) is 0. The summed E-state index contributed by atoms with van der Waals surface area (Å²) < 4.78 is 1.91. The molecular formula is C28H24N4. The molecule has 0 amide bonds. The van der Waals surface area contributed by atoms with Crippen LogP contribution in [0.1, 0.15) is 24.0 Å². The molecule has 0 bridgehead atoms. The molecule has 0 saturated heterocycles. The molecule has 0 aliphatic carbocycles. The van der Waals surface area contributed by atoms with E-state index in [-0.39, 0.29) is 0 Å². The summed E-state index contributed by atoms with van der Waals surface area (Å²) >= 11 is 0. The molecule has 0 spiro atoms. The molecule has 0 saturated carbocycles. The summed E-state index contributed by atoms with van der Waals surface area (Å²) in [7, 11) is 0. The highest BCUT2D eigenvalue weighted by molar-refractivity contribution is 5.64. The Bertz CT molecular complexity index is 1240. The van der Waals surface area contributed by atoms with E-state index >= 15 is 0 Å². The molecule has 3 aromatic carbocycles. The Hall–Kier alpha value is -4.05. The molecule has 0 radical (unpaired) electrons. The number of nitrogens with zero attached hydrogens (tertiary/aromatic N) is 4. The van der Waals surface area contributed by atoms with Gasteiger partial charge in [-0.15, -0.1) is 5.10 Å². The van der Waals surface area contributed by atoms with Crippen LogP contribution < -0.4 is 0 Å². The van der Waals surface area contributed by atoms with Gasteiger partial charge in [-0.05, 0) is 53.8 Å². The largest absolute Gasteiger partial charge is 0.265 e. The zero-order valence-corrected chi connectivity index (χ0v) is 18.0. The second-order valence-corrected chi connectivity index (χ2v) is 7.96. The van der Waals surface area contributed by atoms with Crippen molar-refractivity contribution in [3.63, 3.8) is 0 Å². The fourth-order valence-corrected chi connectivity index (χ4v) is 3.94. The fraction of sp³-hybridized carbons (Fsp3) is 0.107. The molecule has 5 aromatic rings. The van der Waals surface area contributed by atoms with E-state index in [1.165, 1.54) is 11.1 Å². The van der Waals surface area contributed by atoms with Crippen molar-refractivity contribution in [3.05, 3.63) is 121 Å². The Morgan fingerprint density at radius 3 is 2.22 bits per heavy atom. The van der Waals surface area contributed by atoms with Gasteiger partial charge in [-0.1, -0.05) is 73.7 Å². The maximum absolute atomic E-state index is 4.94. The van der Waals surface area contributed by atoms with Crippen LogP contribution in [0.5, 0.6) is 0 Å². The van der Waals surface area contributed by atoms with Gasteiger partial charge in [-0.3, -0.25) is 4.98 Å². The maximum Gasteiger partial charge on any atom is 0.182 e. The topological polar surface area (TPSA) is 43.6 Å². The zero-order chi connectivity index (χ0) is 21.8. The molecule has 0 fully saturated rings.